The van der Waals surface area contributed by atoms with Gasteiger partial charge < -0.3 is 9.47 Å². The first-order valence-electron chi connectivity index (χ1n) is 9.05. The fourth-order valence-corrected chi connectivity index (χ4v) is 4.85. The van der Waals surface area contributed by atoms with E-state index < -0.39 is 23.7 Å². The molecule has 2 aromatic rings. The largest absolute Gasteiger partial charge is 0.486 e. The molecule has 1 heterocycles. The number of nitrogens with zero attached hydrogens (tertiary/aromatic N) is 1. The number of benzene rings is 2. The Kier molecular flexibility index (Phi) is 8.43. The van der Waals surface area contributed by atoms with E-state index in [1.807, 2.05) is 24.3 Å². The summed E-state index contributed by atoms with van der Waals surface area (Å²) in [6, 6.07) is 11.3. The molecule has 0 atom stereocenters. The van der Waals surface area contributed by atoms with Gasteiger partial charge in [-0.05, 0) is 98.7 Å². The van der Waals surface area contributed by atoms with Crippen molar-refractivity contribution in [1.29, 1.82) is 0 Å². The van der Waals surface area contributed by atoms with Crippen molar-refractivity contribution in [3.8, 4) is 5.75 Å². The summed E-state index contributed by atoms with van der Waals surface area (Å²) in [4.78, 5) is 37.3. The number of rotatable bonds is 7. The number of ether oxygens (including phenoxy) is 2. The van der Waals surface area contributed by atoms with Crippen molar-refractivity contribution < 1.29 is 23.9 Å². The van der Waals surface area contributed by atoms with Crippen molar-refractivity contribution >= 4 is 85.1 Å². The number of carbonyl (C=O) groups is 3. The molecule has 2 amide bonds. The molecule has 3 rings (SSSR count). The van der Waals surface area contributed by atoms with Crippen LogP contribution in [0.3, 0.4) is 0 Å². The van der Waals surface area contributed by atoms with Crippen molar-refractivity contribution in [3.63, 3.8) is 0 Å². The molecule has 0 unspecified atom stereocenters. The van der Waals surface area contributed by atoms with E-state index >= 15 is 0 Å². The van der Waals surface area contributed by atoms with E-state index in [9.17, 15) is 14.4 Å². The maximum Gasteiger partial charge on any atom is 0.326 e. The van der Waals surface area contributed by atoms with Crippen LogP contribution in [0.2, 0.25) is 5.02 Å². The van der Waals surface area contributed by atoms with Gasteiger partial charge in [-0.2, -0.15) is 0 Å². The van der Waals surface area contributed by atoms with Crippen molar-refractivity contribution in [2.24, 2.45) is 0 Å². The molecule has 0 bridgehead atoms. The predicted octanol–water partition coefficient (Wildman–Crippen LogP) is 5.89. The Hall–Kier alpha value is -1.56. The second-order valence-electron chi connectivity index (χ2n) is 6.30. The number of thioether (sulfide) groups is 1. The summed E-state index contributed by atoms with van der Waals surface area (Å²) in [6.07, 6.45) is 1.55. The highest BCUT2D eigenvalue weighted by Gasteiger charge is 2.36. The zero-order valence-corrected chi connectivity index (χ0v) is 21.5. The monoisotopic (exact) mass is 635 g/mol. The van der Waals surface area contributed by atoms with Gasteiger partial charge in [-0.15, -0.1) is 0 Å². The third-order valence-corrected chi connectivity index (χ3v) is 6.58. The lowest BCUT2D eigenvalue weighted by Crippen LogP contribution is -2.34. The van der Waals surface area contributed by atoms with Crippen LogP contribution in [0.25, 0.3) is 6.08 Å². The molecule has 2 aromatic carbocycles. The molecule has 0 radical (unpaired) electrons. The van der Waals surface area contributed by atoms with E-state index in [4.69, 9.17) is 21.1 Å². The van der Waals surface area contributed by atoms with Gasteiger partial charge >= 0.3 is 5.97 Å². The minimum absolute atomic E-state index is 0.176. The van der Waals surface area contributed by atoms with Gasteiger partial charge in [0, 0.05) is 3.57 Å². The molecule has 0 aliphatic carbocycles. The Bertz CT molecular complexity index is 1040. The molecule has 0 N–H and O–H groups in total. The molecule has 10 heteroatoms. The first-order chi connectivity index (χ1) is 14.8. The molecule has 31 heavy (non-hydrogen) atoms. The van der Waals surface area contributed by atoms with Crippen LogP contribution in [0.4, 0.5) is 4.79 Å². The lowest BCUT2D eigenvalue weighted by atomic mass is 10.2. The number of hydrogen-bond donors (Lipinski definition) is 0. The van der Waals surface area contributed by atoms with Crippen LogP contribution in [-0.4, -0.2) is 35.2 Å². The summed E-state index contributed by atoms with van der Waals surface area (Å²) < 4.78 is 12.4. The van der Waals surface area contributed by atoms with Crippen LogP contribution in [0, 0.1) is 3.57 Å². The van der Waals surface area contributed by atoms with E-state index in [0.717, 1.165) is 25.8 Å². The predicted molar refractivity (Wildman–Crippen MR) is 132 cm³/mol. The zero-order valence-electron chi connectivity index (χ0n) is 16.2. The third kappa shape index (κ3) is 6.24. The molecule has 1 aliphatic heterocycles. The van der Waals surface area contributed by atoms with Crippen molar-refractivity contribution in [2.75, 3.05) is 13.2 Å². The van der Waals surface area contributed by atoms with Gasteiger partial charge in [0.15, 0.2) is 5.75 Å². The van der Waals surface area contributed by atoms with Crippen LogP contribution in [-0.2, 0) is 20.9 Å². The highest BCUT2D eigenvalue weighted by Crippen LogP contribution is 2.38. The van der Waals surface area contributed by atoms with Gasteiger partial charge in [0.25, 0.3) is 11.1 Å². The van der Waals surface area contributed by atoms with Crippen molar-refractivity contribution in [1.82, 2.24) is 4.90 Å². The molecule has 162 valence electrons. The van der Waals surface area contributed by atoms with Gasteiger partial charge in [0.1, 0.15) is 13.2 Å². The van der Waals surface area contributed by atoms with Crippen LogP contribution < -0.4 is 4.74 Å². The standard InChI is InChI=1S/C21H16BrClINO5S/c1-2-29-18(26)10-25-20(27)17(31-21(25)28)9-13-7-15(22)19(16(23)8-13)30-11-12-3-5-14(24)6-4-12/h3-9H,2,10-11H2,1H3/b17-9+. The highest BCUT2D eigenvalue weighted by atomic mass is 127. The SMILES string of the molecule is CCOC(=O)CN1C(=O)S/C(=C/c2cc(Cl)c(OCc3ccc(I)cc3)c(Br)c2)C1=O. The van der Waals surface area contributed by atoms with Crippen LogP contribution in [0.15, 0.2) is 45.8 Å². The minimum Gasteiger partial charge on any atom is -0.486 e. The fourth-order valence-electron chi connectivity index (χ4n) is 2.66. The summed E-state index contributed by atoms with van der Waals surface area (Å²) in [5.41, 5.74) is 1.61. The molecule has 0 spiro atoms. The van der Waals surface area contributed by atoms with Crippen LogP contribution in [0.5, 0.6) is 5.75 Å². The first kappa shape index (κ1) is 24.1. The summed E-state index contributed by atoms with van der Waals surface area (Å²) >= 11 is 12.8. The number of amides is 2. The Morgan fingerprint density at radius 1 is 1.26 bits per heavy atom. The smallest absolute Gasteiger partial charge is 0.326 e. The number of esters is 1. The summed E-state index contributed by atoms with van der Waals surface area (Å²) in [5, 5.41) is -0.163. The Morgan fingerprint density at radius 3 is 2.61 bits per heavy atom. The van der Waals surface area contributed by atoms with Gasteiger partial charge in [0.2, 0.25) is 0 Å². The first-order valence-corrected chi connectivity index (χ1v) is 12.1. The van der Waals surface area contributed by atoms with Crippen LogP contribution in [0.1, 0.15) is 18.1 Å². The summed E-state index contributed by atoms with van der Waals surface area (Å²) in [5.74, 6) is -0.700. The van der Waals surface area contributed by atoms with E-state index in [-0.39, 0.29) is 11.5 Å². The maximum absolute atomic E-state index is 12.5. The summed E-state index contributed by atoms with van der Waals surface area (Å²) in [6.45, 7) is 1.77. The number of halogens is 3. The molecule has 6 nitrogen and oxygen atoms in total. The molecule has 1 fully saturated rings. The van der Waals surface area contributed by atoms with E-state index in [1.54, 1.807) is 25.1 Å². The molecule has 1 saturated heterocycles. The molecular weight excluding hydrogens is 621 g/mol. The fraction of sp³-hybridized carbons (Fsp3) is 0.190. The lowest BCUT2D eigenvalue weighted by molar-refractivity contribution is -0.145. The van der Waals surface area contributed by atoms with Gasteiger partial charge in [0.05, 0.1) is 21.0 Å². The van der Waals surface area contributed by atoms with Gasteiger partial charge in [-0.3, -0.25) is 19.3 Å². The number of hydrogen-bond acceptors (Lipinski definition) is 6. The highest BCUT2D eigenvalue weighted by molar-refractivity contribution is 14.1. The zero-order chi connectivity index (χ0) is 22.5. The van der Waals surface area contributed by atoms with E-state index in [1.165, 1.54) is 0 Å². The van der Waals surface area contributed by atoms with Gasteiger partial charge in [-0.1, -0.05) is 23.7 Å². The maximum atomic E-state index is 12.5. The molecular formula is C21H16BrClINO5S. The average molecular weight is 637 g/mol. The lowest BCUT2D eigenvalue weighted by Gasteiger charge is -2.12. The number of carbonyl (C=O) groups excluding carboxylic acids is 3. The van der Waals surface area contributed by atoms with E-state index in [2.05, 4.69) is 38.5 Å². The van der Waals surface area contributed by atoms with Crippen LogP contribution >= 0.6 is 61.9 Å². The van der Waals surface area contributed by atoms with Crippen molar-refractivity contribution in [3.05, 3.63) is 65.5 Å². The second kappa shape index (κ2) is 10.8. The second-order valence-corrected chi connectivity index (χ2v) is 9.80. The molecule has 0 aromatic heterocycles. The van der Waals surface area contributed by atoms with Crippen molar-refractivity contribution in [2.45, 2.75) is 13.5 Å². The minimum atomic E-state index is -0.633. The Balaban J connectivity index is 1.74. The Labute approximate surface area is 210 Å². The molecule has 0 saturated carbocycles. The topological polar surface area (TPSA) is 72.9 Å². The average Bonchev–Trinajstić information content (AvgIpc) is 2.96. The summed E-state index contributed by atoms with van der Waals surface area (Å²) in [7, 11) is 0. The third-order valence-electron chi connectivity index (χ3n) is 4.08. The normalized spacial score (nSPS) is 15.0. The molecule has 1 aliphatic rings. The number of imide groups is 1. The quantitative estimate of drug-likeness (QED) is 0.215. The van der Waals surface area contributed by atoms with E-state index in [0.29, 0.717) is 27.4 Å². The van der Waals surface area contributed by atoms with Gasteiger partial charge in [-0.25, -0.2) is 0 Å². The Morgan fingerprint density at radius 2 is 1.97 bits per heavy atom.